The molecule has 5 nitrogen and oxygen atoms in total. The average Bonchev–Trinajstić information content (AvgIpc) is 2.98. The third-order valence-electron chi connectivity index (χ3n) is 3.13. The van der Waals surface area contributed by atoms with Crippen molar-refractivity contribution in [3.63, 3.8) is 0 Å². The monoisotopic (exact) mass is 350 g/mol. The van der Waals surface area contributed by atoms with Crippen LogP contribution < -0.4 is 15.4 Å². The van der Waals surface area contributed by atoms with E-state index in [-0.39, 0.29) is 17.7 Å². The van der Waals surface area contributed by atoms with Gasteiger partial charge in [0.05, 0.1) is 18.1 Å². The lowest BCUT2D eigenvalue weighted by molar-refractivity contribution is 0.214. The highest BCUT2D eigenvalue weighted by Gasteiger charge is 2.09. The summed E-state index contributed by atoms with van der Waals surface area (Å²) in [6.07, 6.45) is 1.65. The van der Waals surface area contributed by atoms with Crippen molar-refractivity contribution in [1.82, 2.24) is 15.6 Å². The van der Waals surface area contributed by atoms with Crippen molar-refractivity contribution in [3.8, 4) is 5.75 Å². The molecule has 2 N–H and O–H groups in total. The number of rotatable bonds is 7. The first kappa shape index (κ1) is 18.2. The van der Waals surface area contributed by atoms with Crippen molar-refractivity contribution >= 4 is 17.3 Å². The first-order valence-corrected chi connectivity index (χ1v) is 8.74. The maximum absolute atomic E-state index is 13.6. The zero-order valence-corrected chi connectivity index (χ0v) is 15.0. The van der Waals surface area contributed by atoms with E-state index in [1.54, 1.807) is 29.5 Å². The second-order valence-corrected chi connectivity index (χ2v) is 6.60. The van der Waals surface area contributed by atoms with Crippen LogP contribution in [0.5, 0.6) is 5.75 Å². The van der Waals surface area contributed by atoms with Crippen LogP contribution in [0.4, 0.5) is 4.39 Å². The van der Waals surface area contributed by atoms with Crippen molar-refractivity contribution in [2.24, 2.45) is 4.99 Å². The van der Waals surface area contributed by atoms with Crippen LogP contribution in [-0.2, 0) is 6.54 Å². The van der Waals surface area contributed by atoms with Gasteiger partial charge in [-0.25, -0.2) is 14.4 Å². The van der Waals surface area contributed by atoms with Crippen LogP contribution in [0, 0.1) is 12.7 Å². The van der Waals surface area contributed by atoms with Gasteiger partial charge in [-0.3, -0.25) is 0 Å². The van der Waals surface area contributed by atoms with Gasteiger partial charge in [-0.05, 0) is 32.9 Å². The summed E-state index contributed by atoms with van der Waals surface area (Å²) in [6, 6.07) is 6.40. The highest BCUT2D eigenvalue weighted by atomic mass is 32.1. The van der Waals surface area contributed by atoms with Gasteiger partial charge in [0.15, 0.2) is 17.5 Å². The summed E-state index contributed by atoms with van der Waals surface area (Å²) in [7, 11) is 0. The normalized spacial score (nSPS) is 12.8. The second kappa shape index (κ2) is 9.22. The summed E-state index contributed by atoms with van der Waals surface area (Å²) < 4.78 is 19.2. The molecule has 7 heteroatoms. The number of nitrogens with one attached hydrogen (secondary N) is 2. The molecule has 0 amide bonds. The number of aliphatic imine (C=N–C) groups is 1. The first-order valence-electron chi connectivity index (χ1n) is 7.93. The van der Waals surface area contributed by atoms with Crippen molar-refractivity contribution in [3.05, 3.63) is 46.2 Å². The number of guanidine groups is 1. The lowest BCUT2D eigenvalue weighted by Crippen LogP contribution is -2.41. The highest BCUT2D eigenvalue weighted by Crippen LogP contribution is 2.16. The SMILES string of the molecule is CCNC(=NCc1cnc(C)s1)NCC(C)Oc1ccccc1F. The highest BCUT2D eigenvalue weighted by molar-refractivity contribution is 7.11. The molecular formula is C17H23FN4OS. The van der Waals surface area contributed by atoms with E-state index >= 15 is 0 Å². The number of nitrogens with zero attached hydrogens (tertiary/aromatic N) is 2. The number of hydrogen-bond donors (Lipinski definition) is 2. The molecule has 0 aliphatic rings. The van der Waals surface area contributed by atoms with Gasteiger partial charge in [0.25, 0.3) is 0 Å². The fraction of sp³-hybridized carbons (Fsp3) is 0.412. The van der Waals surface area contributed by atoms with Crippen LogP contribution in [0.3, 0.4) is 0 Å². The number of hydrogen-bond acceptors (Lipinski definition) is 4. The minimum atomic E-state index is -0.356. The van der Waals surface area contributed by atoms with Crippen molar-refractivity contribution in [1.29, 1.82) is 0 Å². The van der Waals surface area contributed by atoms with Gasteiger partial charge in [-0.15, -0.1) is 11.3 Å². The van der Waals surface area contributed by atoms with Gasteiger partial charge in [-0.1, -0.05) is 12.1 Å². The zero-order valence-electron chi connectivity index (χ0n) is 14.2. The predicted octanol–water partition coefficient (Wildman–Crippen LogP) is 3.11. The quantitative estimate of drug-likeness (QED) is 0.595. The molecule has 2 rings (SSSR count). The molecule has 1 unspecified atom stereocenters. The molecule has 0 aliphatic heterocycles. The van der Waals surface area contributed by atoms with Crippen LogP contribution in [-0.4, -0.2) is 30.1 Å². The van der Waals surface area contributed by atoms with E-state index in [1.165, 1.54) is 6.07 Å². The van der Waals surface area contributed by atoms with E-state index in [1.807, 2.05) is 27.0 Å². The van der Waals surface area contributed by atoms with E-state index in [2.05, 4.69) is 20.6 Å². The molecule has 0 bridgehead atoms. The maximum Gasteiger partial charge on any atom is 0.191 e. The zero-order chi connectivity index (χ0) is 17.4. The molecule has 0 fully saturated rings. The Kier molecular flexibility index (Phi) is 6.99. The number of thiazole rings is 1. The van der Waals surface area contributed by atoms with E-state index in [9.17, 15) is 4.39 Å². The van der Waals surface area contributed by atoms with Crippen LogP contribution in [0.15, 0.2) is 35.5 Å². The topological polar surface area (TPSA) is 58.5 Å². The fourth-order valence-electron chi connectivity index (χ4n) is 2.02. The molecule has 0 aliphatic carbocycles. The molecule has 0 saturated carbocycles. The van der Waals surface area contributed by atoms with Gasteiger partial charge in [0.1, 0.15) is 6.10 Å². The first-order chi connectivity index (χ1) is 11.6. The summed E-state index contributed by atoms with van der Waals surface area (Å²) in [5, 5.41) is 7.43. The fourth-order valence-corrected chi connectivity index (χ4v) is 2.74. The second-order valence-electron chi connectivity index (χ2n) is 5.28. The Balaban J connectivity index is 1.87. The van der Waals surface area contributed by atoms with Crippen molar-refractivity contribution in [2.75, 3.05) is 13.1 Å². The lowest BCUT2D eigenvalue weighted by atomic mass is 10.3. The molecule has 0 saturated heterocycles. The number of para-hydroxylation sites is 1. The molecule has 1 heterocycles. The number of benzene rings is 1. The average molecular weight is 350 g/mol. The van der Waals surface area contributed by atoms with E-state index in [4.69, 9.17) is 4.74 Å². The Morgan fingerprint density at radius 2 is 2.17 bits per heavy atom. The molecule has 24 heavy (non-hydrogen) atoms. The van der Waals surface area contributed by atoms with Crippen LogP contribution >= 0.6 is 11.3 Å². The Morgan fingerprint density at radius 3 is 2.83 bits per heavy atom. The van der Waals surface area contributed by atoms with E-state index < -0.39 is 0 Å². The summed E-state index contributed by atoms with van der Waals surface area (Å²) in [5.74, 6) is 0.604. The van der Waals surface area contributed by atoms with Crippen LogP contribution in [0.1, 0.15) is 23.7 Å². The van der Waals surface area contributed by atoms with Gasteiger partial charge in [0, 0.05) is 17.6 Å². The summed E-state index contributed by atoms with van der Waals surface area (Å²) in [4.78, 5) is 9.86. The number of aromatic nitrogens is 1. The Bertz CT molecular complexity index is 674. The largest absolute Gasteiger partial charge is 0.486 e. The Hall–Kier alpha value is -2.15. The molecule has 1 aromatic carbocycles. The van der Waals surface area contributed by atoms with E-state index in [0.29, 0.717) is 19.0 Å². The van der Waals surface area contributed by atoms with Gasteiger partial charge < -0.3 is 15.4 Å². The maximum atomic E-state index is 13.6. The van der Waals surface area contributed by atoms with Gasteiger partial charge >= 0.3 is 0 Å². The summed E-state index contributed by atoms with van der Waals surface area (Å²) in [6.45, 7) is 7.72. The predicted molar refractivity (Wildman–Crippen MR) is 96.2 cm³/mol. The molecule has 0 radical (unpaired) electrons. The number of halogens is 1. The third kappa shape index (κ3) is 5.81. The van der Waals surface area contributed by atoms with Crippen molar-refractivity contribution in [2.45, 2.75) is 33.4 Å². The van der Waals surface area contributed by atoms with Gasteiger partial charge in [0.2, 0.25) is 0 Å². The van der Waals surface area contributed by atoms with E-state index in [0.717, 1.165) is 16.4 Å². The van der Waals surface area contributed by atoms with Crippen molar-refractivity contribution < 1.29 is 9.13 Å². The summed E-state index contributed by atoms with van der Waals surface area (Å²) in [5.41, 5.74) is 0. The molecule has 1 aromatic heterocycles. The molecule has 2 aromatic rings. The molecule has 1 atom stereocenters. The standard InChI is InChI=1S/C17H23FN4OS/c1-4-19-17(22-11-14-10-20-13(3)24-14)21-9-12(2)23-16-8-6-5-7-15(16)18/h5-8,10,12H,4,9,11H2,1-3H3,(H2,19,21,22). The molecular weight excluding hydrogens is 327 g/mol. The Morgan fingerprint density at radius 1 is 1.38 bits per heavy atom. The summed E-state index contributed by atoms with van der Waals surface area (Å²) >= 11 is 1.64. The minimum Gasteiger partial charge on any atom is -0.486 e. The minimum absolute atomic E-state index is 0.198. The van der Waals surface area contributed by atoms with Crippen LogP contribution in [0.2, 0.25) is 0 Å². The molecule has 0 spiro atoms. The van der Waals surface area contributed by atoms with Gasteiger partial charge in [-0.2, -0.15) is 0 Å². The van der Waals surface area contributed by atoms with Crippen LogP contribution in [0.25, 0.3) is 0 Å². The Labute approximate surface area is 146 Å². The molecule has 130 valence electrons. The third-order valence-corrected chi connectivity index (χ3v) is 4.03. The lowest BCUT2D eigenvalue weighted by Gasteiger charge is -2.17. The number of aryl methyl sites for hydroxylation is 1. The smallest absolute Gasteiger partial charge is 0.191 e. The number of ether oxygens (including phenoxy) is 1.